The molecule has 0 unspecified atom stereocenters. The number of rotatable bonds is 3. The number of carbonyl (C=O) groups is 2. The molecule has 19 heavy (non-hydrogen) atoms. The highest BCUT2D eigenvalue weighted by molar-refractivity contribution is 6.38. The molecule has 1 N–H and O–H groups in total. The van der Waals surface area contributed by atoms with Gasteiger partial charge in [0.25, 0.3) is 5.91 Å². The van der Waals surface area contributed by atoms with Gasteiger partial charge in [-0.15, -0.1) is 0 Å². The predicted octanol–water partition coefficient (Wildman–Crippen LogP) is 1.72. The normalized spacial score (nSPS) is 17.2. The molecule has 6 nitrogen and oxygen atoms in total. The Hall–Kier alpha value is -2.11. The second kappa shape index (κ2) is 6.17. The fourth-order valence-corrected chi connectivity index (χ4v) is 2.27. The first-order valence-corrected chi connectivity index (χ1v) is 6.30. The zero-order valence-corrected chi connectivity index (χ0v) is 10.5. The lowest BCUT2D eigenvalue weighted by Gasteiger charge is -2.20. The van der Waals surface area contributed by atoms with E-state index < -0.39 is 11.9 Å². The van der Waals surface area contributed by atoms with Gasteiger partial charge in [0, 0.05) is 18.3 Å². The quantitative estimate of drug-likeness (QED) is 0.836. The molecule has 0 spiro atoms. The first kappa shape index (κ1) is 13.3. The van der Waals surface area contributed by atoms with Crippen LogP contribution in [0.2, 0.25) is 0 Å². The summed E-state index contributed by atoms with van der Waals surface area (Å²) < 4.78 is 0. The summed E-state index contributed by atoms with van der Waals surface area (Å²) in [6.07, 6.45) is 8.74. The van der Waals surface area contributed by atoms with Gasteiger partial charge in [-0.25, -0.2) is 14.8 Å². The van der Waals surface area contributed by atoms with Crippen LogP contribution in [0.15, 0.2) is 23.6 Å². The zero-order valence-electron chi connectivity index (χ0n) is 10.5. The van der Waals surface area contributed by atoms with Crippen molar-refractivity contribution in [3.05, 3.63) is 24.3 Å². The molecular weight excluding hydrogens is 246 g/mol. The van der Waals surface area contributed by atoms with E-state index in [1.807, 2.05) is 0 Å². The highest BCUT2D eigenvalue weighted by atomic mass is 16.4. The highest BCUT2D eigenvalue weighted by Crippen LogP contribution is 2.25. The third-order valence-electron chi connectivity index (χ3n) is 3.22. The van der Waals surface area contributed by atoms with Crippen molar-refractivity contribution in [1.29, 1.82) is 0 Å². The SMILES string of the molecule is O=C(O)C(=NC(=O)c1cnccn1)C1CCCCC1. The predicted molar refractivity (Wildman–Crippen MR) is 68.0 cm³/mol. The average molecular weight is 261 g/mol. The van der Waals surface area contributed by atoms with E-state index in [9.17, 15) is 14.7 Å². The van der Waals surface area contributed by atoms with E-state index in [0.29, 0.717) is 0 Å². The highest BCUT2D eigenvalue weighted by Gasteiger charge is 2.25. The van der Waals surface area contributed by atoms with Crippen molar-refractivity contribution in [2.24, 2.45) is 10.9 Å². The molecule has 1 aliphatic carbocycles. The van der Waals surface area contributed by atoms with Crippen molar-refractivity contribution < 1.29 is 14.7 Å². The van der Waals surface area contributed by atoms with Crippen molar-refractivity contribution in [1.82, 2.24) is 9.97 Å². The number of amides is 1. The Morgan fingerprint density at radius 1 is 1.21 bits per heavy atom. The molecule has 0 saturated heterocycles. The minimum atomic E-state index is -1.12. The lowest BCUT2D eigenvalue weighted by Crippen LogP contribution is -2.27. The van der Waals surface area contributed by atoms with E-state index in [-0.39, 0.29) is 17.3 Å². The second-order valence-corrected chi connectivity index (χ2v) is 4.53. The molecule has 1 saturated carbocycles. The number of aliphatic imine (C=N–C) groups is 1. The van der Waals surface area contributed by atoms with Crippen molar-refractivity contribution in [3.8, 4) is 0 Å². The van der Waals surface area contributed by atoms with E-state index >= 15 is 0 Å². The molecule has 2 rings (SSSR count). The molecule has 1 aromatic rings. The second-order valence-electron chi connectivity index (χ2n) is 4.53. The minimum Gasteiger partial charge on any atom is -0.477 e. The van der Waals surface area contributed by atoms with Gasteiger partial charge in [0.05, 0.1) is 6.20 Å². The van der Waals surface area contributed by atoms with Crippen LogP contribution in [0.3, 0.4) is 0 Å². The summed E-state index contributed by atoms with van der Waals surface area (Å²) in [5, 5.41) is 9.20. The van der Waals surface area contributed by atoms with Crippen LogP contribution < -0.4 is 0 Å². The van der Waals surface area contributed by atoms with E-state index in [1.54, 1.807) is 0 Å². The summed E-state index contributed by atoms with van der Waals surface area (Å²) in [7, 11) is 0. The average Bonchev–Trinajstić information content (AvgIpc) is 2.46. The lowest BCUT2D eigenvalue weighted by molar-refractivity contribution is -0.129. The number of hydrogen-bond donors (Lipinski definition) is 1. The minimum absolute atomic E-state index is 0.0460. The number of nitrogens with zero attached hydrogens (tertiary/aromatic N) is 3. The number of aliphatic carboxylic acids is 1. The van der Waals surface area contributed by atoms with Crippen LogP contribution in [0.25, 0.3) is 0 Å². The molecule has 0 aliphatic heterocycles. The molecule has 1 amide bonds. The van der Waals surface area contributed by atoms with Gasteiger partial charge in [-0.3, -0.25) is 9.78 Å². The summed E-state index contributed by atoms with van der Waals surface area (Å²) in [5.41, 5.74) is 0.0208. The molecular formula is C13H15N3O3. The van der Waals surface area contributed by atoms with Gasteiger partial charge >= 0.3 is 5.97 Å². The number of aromatic nitrogens is 2. The standard InChI is InChI=1S/C13H15N3O3/c17-12(10-8-14-6-7-15-10)16-11(13(18)19)9-4-2-1-3-5-9/h6-9H,1-5H2,(H,18,19). The molecule has 1 aliphatic rings. The first-order chi connectivity index (χ1) is 9.18. The van der Waals surface area contributed by atoms with Crippen LogP contribution >= 0.6 is 0 Å². The third-order valence-corrected chi connectivity index (χ3v) is 3.22. The summed E-state index contributed by atoms with van der Waals surface area (Å²) in [4.78, 5) is 34.4. The Labute approximate surface area is 110 Å². The molecule has 0 radical (unpaired) electrons. The number of carboxylic acids is 1. The molecule has 0 atom stereocenters. The van der Waals surface area contributed by atoms with Gasteiger partial charge in [0.15, 0.2) is 0 Å². The lowest BCUT2D eigenvalue weighted by atomic mass is 9.85. The van der Waals surface area contributed by atoms with Crippen molar-refractivity contribution >= 4 is 17.6 Å². The number of carboxylic acid groups (broad SMARTS) is 1. The fourth-order valence-electron chi connectivity index (χ4n) is 2.27. The Kier molecular flexibility index (Phi) is 4.33. The molecule has 0 bridgehead atoms. The maximum atomic E-state index is 11.8. The van der Waals surface area contributed by atoms with Gasteiger partial charge in [-0.1, -0.05) is 19.3 Å². The van der Waals surface area contributed by atoms with Crippen LogP contribution in [-0.2, 0) is 4.79 Å². The summed E-state index contributed by atoms with van der Waals surface area (Å²) in [6, 6.07) is 0. The molecule has 6 heteroatoms. The van der Waals surface area contributed by atoms with Gasteiger partial charge in [0.1, 0.15) is 11.4 Å². The van der Waals surface area contributed by atoms with E-state index in [0.717, 1.165) is 32.1 Å². The Morgan fingerprint density at radius 3 is 2.53 bits per heavy atom. The largest absolute Gasteiger partial charge is 0.477 e. The van der Waals surface area contributed by atoms with Gasteiger partial charge < -0.3 is 5.11 Å². The topological polar surface area (TPSA) is 92.5 Å². The third kappa shape index (κ3) is 3.43. The van der Waals surface area contributed by atoms with Gasteiger partial charge in [-0.05, 0) is 12.8 Å². The maximum Gasteiger partial charge on any atom is 0.350 e. The number of hydrogen-bond acceptors (Lipinski definition) is 4. The van der Waals surface area contributed by atoms with Crippen LogP contribution in [0.4, 0.5) is 0 Å². The summed E-state index contributed by atoms with van der Waals surface area (Å²) in [5.74, 6) is -1.90. The molecule has 100 valence electrons. The molecule has 0 aromatic carbocycles. The van der Waals surface area contributed by atoms with E-state index in [1.165, 1.54) is 18.6 Å². The van der Waals surface area contributed by atoms with Crippen molar-refractivity contribution in [2.45, 2.75) is 32.1 Å². The molecule has 1 fully saturated rings. The van der Waals surface area contributed by atoms with Crippen LogP contribution in [0, 0.1) is 5.92 Å². The maximum absolute atomic E-state index is 11.8. The molecule has 1 heterocycles. The fraction of sp³-hybridized carbons (Fsp3) is 0.462. The monoisotopic (exact) mass is 261 g/mol. The van der Waals surface area contributed by atoms with Gasteiger partial charge in [-0.2, -0.15) is 0 Å². The molecule has 1 aromatic heterocycles. The Bertz CT molecular complexity index is 493. The van der Waals surface area contributed by atoms with E-state index in [4.69, 9.17) is 0 Å². The first-order valence-electron chi connectivity index (χ1n) is 6.30. The Balaban J connectivity index is 2.21. The van der Waals surface area contributed by atoms with Crippen molar-refractivity contribution in [2.75, 3.05) is 0 Å². The summed E-state index contributed by atoms with van der Waals surface area (Å²) in [6.45, 7) is 0. The van der Waals surface area contributed by atoms with Crippen LogP contribution in [0.5, 0.6) is 0 Å². The van der Waals surface area contributed by atoms with Gasteiger partial charge in [0.2, 0.25) is 0 Å². The van der Waals surface area contributed by atoms with Crippen LogP contribution in [-0.4, -0.2) is 32.7 Å². The summed E-state index contributed by atoms with van der Waals surface area (Å²) >= 11 is 0. The Morgan fingerprint density at radius 2 is 1.95 bits per heavy atom. The number of carbonyl (C=O) groups excluding carboxylic acids is 1. The van der Waals surface area contributed by atoms with Crippen LogP contribution in [0.1, 0.15) is 42.6 Å². The van der Waals surface area contributed by atoms with E-state index in [2.05, 4.69) is 15.0 Å². The zero-order chi connectivity index (χ0) is 13.7. The van der Waals surface area contributed by atoms with Crippen molar-refractivity contribution in [3.63, 3.8) is 0 Å². The smallest absolute Gasteiger partial charge is 0.350 e.